The highest BCUT2D eigenvalue weighted by molar-refractivity contribution is 5.28. The third-order valence-corrected chi connectivity index (χ3v) is 3.21. The van der Waals surface area contributed by atoms with Crippen LogP contribution in [-0.2, 0) is 13.0 Å². The summed E-state index contributed by atoms with van der Waals surface area (Å²) in [5.41, 5.74) is 2.38. The number of pyridine rings is 1. The summed E-state index contributed by atoms with van der Waals surface area (Å²) in [7, 11) is 0. The van der Waals surface area contributed by atoms with E-state index in [0.717, 1.165) is 17.7 Å². The summed E-state index contributed by atoms with van der Waals surface area (Å²) >= 11 is 0. The number of hydrogen-bond acceptors (Lipinski definition) is 4. The third-order valence-electron chi connectivity index (χ3n) is 3.21. The number of hydrogen-bond donors (Lipinski definition) is 2. The Hall–Kier alpha value is -1.91. The summed E-state index contributed by atoms with van der Waals surface area (Å²) in [5.74, 6) is 0.808. The maximum absolute atomic E-state index is 9.92. The molecule has 0 radical (unpaired) electrons. The van der Waals surface area contributed by atoms with Gasteiger partial charge in [-0.3, -0.25) is 4.98 Å². The number of aryl methyl sites for hydroxylation is 1. The van der Waals surface area contributed by atoms with Gasteiger partial charge in [-0.25, -0.2) is 0 Å². The molecule has 1 unspecified atom stereocenters. The summed E-state index contributed by atoms with van der Waals surface area (Å²) in [6.07, 6.45) is 3.97. The fourth-order valence-corrected chi connectivity index (χ4v) is 1.99. The number of ether oxygens (including phenoxy) is 1. The van der Waals surface area contributed by atoms with Gasteiger partial charge in [0.25, 0.3) is 0 Å². The van der Waals surface area contributed by atoms with E-state index in [-0.39, 0.29) is 6.61 Å². The number of nitrogens with one attached hydrogen (secondary N) is 1. The first-order valence-electron chi connectivity index (χ1n) is 7.27. The largest absolute Gasteiger partial charge is 0.491 e. The van der Waals surface area contributed by atoms with E-state index in [2.05, 4.69) is 23.3 Å². The van der Waals surface area contributed by atoms with Crippen LogP contribution in [0.4, 0.5) is 0 Å². The predicted molar refractivity (Wildman–Crippen MR) is 83.3 cm³/mol. The predicted octanol–water partition coefficient (Wildman–Crippen LogP) is 2.17. The Kier molecular flexibility index (Phi) is 6.19. The molecule has 2 aromatic rings. The van der Waals surface area contributed by atoms with Crippen LogP contribution in [0, 0.1) is 0 Å². The average Bonchev–Trinajstić information content (AvgIpc) is 2.54. The summed E-state index contributed by atoms with van der Waals surface area (Å²) in [6, 6.07) is 11.9. The van der Waals surface area contributed by atoms with E-state index in [4.69, 9.17) is 4.74 Å². The highest BCUT2D eigenvalue weighted by Crippen LogP contribution is 2.13. The van der Waals surface area contributed by atoms with Gasteiger partial charge in [-0.05, 0) is 41.8 Å². The minimum absolute atomic E-state index is 0.288. The minimum atomic E-state index is -0.530. The van der Waals surface area contributed by atoms with Crippen LogP contribution in [0.15, 0.2) is 48.8 Å². The van der Waals surface area contributed by atoms with Crippen molar-refractivity contribution < 1.29 is 9.84 Å². The van der Waals surface area contributed by atoms with Crippen LogP contribution in [0.25, 0.3) is 0 Å². The zero-order chi connectivity index (χ0) is 14.9. The fourth-order valence-electron chi connectivity index (χ4n) is 1.99. The topological polar surface area (TPSA) is 54.4 Å². The van der Waals surface area contributed by atoms with Crippen molar-refractivity contribution in [1.29, 1.82) is 0 Å². The van der Waals surface area contributed by atoms with Gasteiger partial charge in [0.2, 0.25) is 0 Å². The van der Waals surface area contributed by atoms with Gasteiger partial charge in [-0.1, -0.05) is 19.1 Å². The average molecular weight is 286 g/mol. The summed E-state index contributed by atoms with van der Waals surface area (Å²) < 4.78 is 5.61. The van der Waals surface area contributed by atoms with Crippen LogP contribution in [0.5, 0.6) is 5.75 Å². The van der Waals surface area contributed by atoms with Crippen molar-refractivity contribution in [1.82, 2.24) is 10.3 Å². The SMILES string of the molecule is CCc1cccc(OCC(O)CNCc2ccncc2)c1. The van der Waals surface area contributed by atoms with Gasteiger partial charge in [-0.2, -0.15) is 0 Å². The fraction of sp³-hybridized carbons (Fsp3) is 0.353. The molecule has 4 heteroatoms. The van der Waals surface area contributed by atoms with Gasteiger partial charge in [0.15, 0.2) is 0 Å². The van der Waals surface area contributed by atoms with E-state index in [1.54, 1.807) is 12.4 Å². The molecule has 0 aliphatic heterocycles. The van der Waals surface area contributed by atoms with E-state index in [1.165, 1.54) is 5.56 Å². The van der Waals surface area contributed by atoms with Crippen LogP contribution < -0.4 is 10.1 Å². The van der Waals surface area contributed by atoms with Gasteiger partial charge in [0.1, 0.15) is 18.5 Å². The molecule has 0 aliphatic carbocycles. The quantitative estimate of drug-likeness (QED) is 0.781. The van der Waals surface area contributed by atoms with Gasteiger partial charge >= 0.3 is 0 Å². The van der Waals surface area contributed by atoms with Gasteiger partial charge < -0.3 is 15.2 Å². The van der Waals surface area contributed by atoms with Gasteiger partial charge in [0, 0.05) is 25.5 Å². The molecule has 0 saturated carbocycles. The normalized spacial score (nSPS) is 12.1. The van der Waals surface area contributed by atoms with Crippen LogP contribution in [0.3, 0.4) is 0 Å². The lowest BCUT2D eigenvalue weighted by molar-refractivity contribution is 0.106. The van der Waals surface area contributed by atoms with E-state index in [9.17, 15) is 5.11 Å². The Labute approximate surface area is 125 Å². The molecule has 2 N–H and O–H groups in total. The number of aromatic nitrogens is 1. The molecule has 0 spiro atoms. The zero-order valence-electron chi connectivity index (χ0n) is 12.3. The molecule has 21 heavy (non-hydrogen) atoms. The van der Waals surface area contributed by atoms with E-state index in [1.807, 2.05) is 30.3 Å². The van der Waals surface area contributed by atoms with Crippen LogP contribution in [0.1, 0.15) is 18.1 Å². The van der Waals surface area contributed by atoms with Crippen molar-refractivity contribution in [3.05, 3.63) is 59.9 Å². The molecular weight excluding hydrogens is 264 g/mol. The van der Waals surface area contributed by atoms with Gasteiger partial charge in [0.05, 0.1) is 0 Å². The Morgan fingerprint density at radius 2 is 2.00 bits per heavy atom. The standard InChI is InChI=1S/C17H22N2O2/c1-2-14-4-3-5-17(10-14)21-13-16(20)12-19-11-15-6-8-18-9-7-15/h3-10,16,19-20H,2,11-13H2,1H3. The number of nitrogens with zero attached hydrogens (tertiary/aromatic N) is 1. The van der Waals surface area contributed by atoms with E-state index in [0.29, 0.717) is 13.1 Å². The van der Waals surface area contributed by atoms with E-state index >= 15 is 0 Å². The maximum Gasteiger partial charge on any atom is 0.119 e. The van der Waals surface area contributed by atoms with Crippen molar-refractivity contribution >= 4 is 0 Å². The number of rotatable bonds is 8. The molecule has 2 rings (SSSR count). The first-order chi connectivity index (χ1) is 10.3. The number of benzene rings is 1. The molecule has 1 aromatic carbocycles. The molecular formula is C17H22N2O2. The molecule has 1 atom stereocenters. The Morgan fingerprint density at radius 1 is 1.19 bits per heavy atom. The molecule has 0 saturated heterocycles. The maximum atomic E-state index is 9.92. The second-order valence-electron chi connectivity index (χ2n) is 4.95. The Bertz CT molecular complexity index is 531. The third kappa shape index (κ3) is 5.53. The lowest BCUT2D eigenvalue weighted by Gasteiger charge is -2.13. The van der Waals surface area contributed by atoms with Crippen molar-refractivity contribution in [2.75, 3.05) is 13.2 Å². The summed E-state index contributed by atoms with van der Waals surface area (Å²) in [5, 5.41) is 13.1. The van der Waals surface area contributed by atoms with Crippen LogP contribution in [0.2, 0.25) is 0 Å². The summed E-state index contributed by atoms with van der Waals surface area (Å²) in [6.45, 7) is 3.61. The molecule has 112 valence electrons. The molecule has 0 amide bonds. The Balaban J connectivity index is 1.68. The molecule has 0 fully saturated rings. The Morgan fingerprint density at radius 3 is 2.76 bits per heavy atom. The lowest BCUT2D eigenvalue weighted by atomic mass is 10.2. The highest BCUT2D eigenvalue weighted by Gasteiger charge is 2.05. The first kappa shape index (κ1) is 15.5. The number of aliphatic hydroxyl groups is 1. The molecule has 4 nitrogen and oxygen atoms in total. The van der Waals surface area contributed by atoms with Crippen molar-refractivity contribution in [3.63, 3.8) is 0 Å². The minimum Gasteiger partial charge on any atom is -0.491 e. The lowest BCUT2D eigenvalue weighted by Crippen LogP contribution is -2.31. The second kappa shape index (κ2) is 8.39. The molecule has 1 heterocycles. The van der Waals surface area contributed by atoms with Crippen LogP contribution in [-0.4, -0.2) is 29.3 Å². The smallest absolute Gasteiger partial charge is 0.119 e. The van der Waals surface area contributed by atoms with Crippen LogP contribution >= 0.6 is 0 Å². The van der Waals surface area contributed by atoms with Gasteiger partial charge in [-0.15, -0.1) is 0 Å². The van der Waals surface area contributed by atoms with Crippen molar-refractivity contribution in [3.8, 4) is 5.75 Å². The highest BCUT2D eigenvalue weighted by atomic mass is 16.5. The molecule has 1 aromatic heterocycles. The number of aliphatic hydroxyl groups excluding tert-OH is 1. The first-order valence-corrected chi connectivity index (χ1v) is 7.27. The molecule has 0 bridgehead atoms. The monoisotopic (exact) mass is 286 g/mol. The van der Waals surface area contributed by atoms with E-state index < -0.39 is 6.10 Å². The van der Waals surface area contributed by atoms with Crippen molar-refractivity contribution in [2.45, 2.75) is 26.0 Å². The second-order valence-corrected chi connectivity index (χ2v) is 4.95. The zero-order valence-corrected chi connectivity index (χ0v) is 12.3. The summed E-state index contributed by atoms with van der Waals surface area (Å²) in [4.78, 5) is 3.97. The molecule has 0 aliphatic rings. The van der Waals surface area contributed by atoms with Crippen molar-refractivity contribution in [2.24, 2.45) is 0 Å².